The topological polar surface area (TPSA) is 69.7 Å². The van der Waals surface area contributed by atoms with E-state index in [9.17, 15) is 13.2 Å². The Morgan fingerprint density at radius 2 is 2.11 bits per heavy atom. The smallest absolute Gasteiger partial charge is 0.238 e. The Morgan fingerprint density at radius 3 is 2.67 bits per heavy atom. The van der Waals surface area contributed by atoms with Crippen LogP contribution in [0.2, 0.25) is 0 Å². The highest BCUT2D eigenvalue weighted by Gasteiger charge is 2.36. The first-order chi connectivity index (χ1) is 8.32. The van der Waals surface area contributed by atoms with Crippen molar-refractivity contribution < 1.29 is 13.2 Å². The lowest BCUT2D eigenvalue weighted by Gasteiger charge is -2.21. The van der Waals surface area contributed by atoms with Crippen LogP contribution in [0.4, 0.5) is 0 Å². The summed E-state index contributed by atoms with van der Waals surface area (Å²) < 4.78 is 24.3. The molecular formula is C11H23N3O3S. The van der Waals surface area contributed by atoms with Gasteiger partial charge in [-0.1, -0.05) is 0 Å². The van der Waals surface area contributed by atoms with Gasteiger partial charge in [-0.05, 0) is 39.9 Å². The maximum absolute atomic E-state index is 11.9. The van der Waals surface area contributed by atoms with Crippen LogP contribution >= 0.6 is 0 Å². The van der Waals surface area contributed by atoms with Gasteiger partial charge in [0.25, 0.3) is 0 Å². The number of sulfonamides is 1. The van der Waals surface area contributed by atoms with Gasteiger partial charge in [0.05, 0.1) is 6.26 Å². The van der Waals surface area contributed by atoms with Crippen molar-refractivity contribution in [3.63, 3.8) is 0 Å². The molecule has 1 atom stereocenters. The molecular weight excluding hydrogens is 254 g/mol. The molecule has 1 heterocycles. The lowest BCUT2D eigenvalue weighted by Crippen LogP contribution is -2.45. The number of nitrogens with one attached hydrogen (secondary N) is 1. The molecule has 0 aliphatic carbocycles. The van der Waals surface area contributed by atoms with Crippen molar-refractivity contribution in [3.05, 3.63) is 0 Å². The molecule has 0 aromatic carbocycles. The van der Waals surface area contributed by atoms with E-state index in [4.69, 9.17) is 0 Å². The molecule has 1 amide bonds. The van der Waals surface area contributed by atoms with Crippen LogP contribution in [-0.4, -0.2) is 69.6 Å². The number of nitrogens with zero attached hydrogens (tertiary/aromatic N) is 2. The highest BCUT2D eigenvalue weighted by Crippen LogP contribution is 2.20. The minimum Gasteiger partial charge on any atom is -0.355 e. The van der Waals surface area contributed by atoms with Gasteiger partial charge >= 0.3 is 0 Å². The Morgan fingerprint density at radius 1 is 1.44 bits per heavy atom. The summed E-state index contributed by atoms with van der Waals surface area (Å²) in [5.74, 6) is -0.170. The number of rotatable bonds is 6. The maximum atomic E-state index is 11.9. The van der Waals surface area contributed by atoms with Gasteiger partial charge in [-0.25, -0.2) is 8.42 Å². The second-order valence-electron chi connectivity index (χ2n) is 4.98. The molecule has 106 valence electrons. The minimum atomic E-state index is -3.28. The maximum Gasteiger partial charge on any atom is 0.238 e. The molecule has 1 saturated heterocycles. The van der Waals surface area contributed by atoms with Crippen LogP contribution in [0.3, 0.4) is 0 Å². The van der Waals surface area contributed by atoms with Crippen LogP contribution in [-0.2, 0) is 14.8 Å². The van der Waals surface area contributed by atoms with Crippen molar-refractivity contribution in [2.24, 2.45) is 0 Å². The normalized spacial score (nSPS) is 21.4. The summed E-state index contributed by atoms with van der Waals surface area (Å²) >= 11 is 0. The number of amides is 1. The molecule has 0 spiro atoms. The molecule has 0 radical (unpaired) electrons. The van der Waals surface area contributed by atoms with Gasteiger partial charge < -0.3 is 10.2 Å². The van der Waals surface area contributed by atoms with Gasteiger partial charge in [-0.15, -0.1) is 0 Å². The van der Waals surface area contributed by atoms with Gasteiger partial charge in [0.15, 0.2) is 0 Å². The fraction of sp³-hybridized carbons (Fsp3) is 0.909. The van der Waals surface area contributed by atoms with Gasteiger partial charge in [0, 0.05) is 13.1 Å². The van der Waals surface area contributed by atoms with Crippen molar-refractivity contribution in [3.8, 4) is 0 Å². The predicted octanol–water partition coefficient (Wildman–Crippen LogP) is -0.522. The van der Waals surface area contributed by atoms with Crippen LogP contribution in [0.5, 0.6) is 0 Å². The molecule has 7 heteroatoms. The molecule has 1 rings (SSSR count). The van der Waals surface area contributed by atoms with Crippen molar-refractivity contribution in [2.45, 2.75) is 25.3 Å². The average Bonchev–Trinajstić information content (AvgIpc) is 2.72. The van der Waals surface area contributed by atoms with E-state index in [1.807, 2.05) is 19.0 Å². The Balaban J connectivity index is 2.41. The molecule has 0 aromatic heterocycles. The highest BCUT2D eigenvalue weighted by molar-refractivity contribution is 7.88. The number of hydrogen-bond donors (Lipinski definition) is 1. The fourth-order valence-electron chi connectivity index (χ4n) is 2.12. The summed E-state index contributed by atoms with van der Waals surface area (Å²) in [5.41, 5.74) is 0. The van der Waals surface area contributed by atoms with E-state index in [0.717, 1.165) is 25.6 Å². The third kappa shape index (κ3) is 4.55. The zero-order valence-electron chi connectivity index (χ0n) is 11.3. The zero-order chi connectivity index (χ0) is 13.8. The fourth-order valence-corrected chi connectivity index (χ4v) is 3.25. The van der Waals surface area contributed by atoms with E-state index in [-0.39, 0.29) is 5.91 Å². The molecule has 1 aliphatic rings. The van der Waals surface area contributed by atoms with E-state index in [1.165, 1.54) is 4.31 Å². The van der Waals surface area contributed by atoms with Crippen molar-refractivity contribution in [2.75, 3.05) is 40.0 Å². The lowest BCUT2D eigenvalue weighted by atomic mass is 10.2. The van der Waals surface area contributed by atoms with Crippen molar-refractivity contribution in [1.82, 2.24) is 14.5 Å². The average molecular weight is 277 g/mol. The Labute approximate surface area is 109 Å². The molecule has 1 aliphatic heterocycles. The van der Waals surface area contributed by atoms with Gasteiger partial charge in [0.2, 0.25) is 15.9 Å². The summed E-state index contributed by atoms with van der Waals surface area (Å²) in [6.45, 7) is 1.94. The van der Waals surface area contributed by atoms with Gasteiger partial charge in [0.1, 0.15) is 6.04 Å². The Kier molecular flexibility index (Phi) is 5.55. The highest BCUT2D eigenvalue weighted by atomic mass is 32.2. The molecule has 0 aromatic rings. The number of hydrogen-bond acceptors (Lipinski definition) is 4. The summed E-state index contributed by atoms with van der Waals surface area (Å²) in [7, 11) is 0.676. The van der Waals surface area contributed by atoms with Crippen LogP contribution < -0.4 is 5.32 Å². The van der Waals surface area contributed by atoms with Crippen molar-refractivity contribution in [1.29, 1.82) is 0 Å². The first kappa shape index (κ1) is 15.4. The van der Waals surface area contributed by atoms with E-state index in [2.05, 4.69) is 5.32 Å². The van der Waals surface area contributed by atoms with Crippen LogP contribution in [0, 0.1) is 0 Å². The summed E-state index contributed by atoms with van der Waals surface area (Å²) in [4.78, 5) is 14.0. The Hall–Kier alpha value is -0.660. The second kappa shape index (κ2) is 6.49. The summed E-state index contributed by atoms with van der Waals surface area (Å²) in [6.07, 6.45) is 3.39. The van der Waals surface area contributed by atoms with Crippen molar-refractivity contribution >= 4 is 15.9 Å². The monoisotopic (exact) mass is 277 g/mol. The van der Waals surface area contributed by atoms with E-state index >= 15 is 0 Å². The predicted molar refractivity (Wildman–Crippen MR) is 70.8 cm³/mol. The minimum absolute atomic E-state index is 0.170. The summed E-state index contributed by atoms with van der Waals surface area (Å²) in [6, 6.07) is -0.514. The second-order valence-corrected chi connectivity index (χ2v) is 6.91. The molecule has 18 heavy (non-hydrogen) atoms. The van der Waals surface area contributed by atoms with E-state index in [0.29, 0.717) is 19.5 Å². The summed E-state index contributed by atoms with van der Waals surface area (Å²) in [5, 5.41) is 2.81. The third-order valence-electron chi connectivity index (χ3n) is 3.01. The van der Waals surface area contributed by atoms with E-state index in [1.54, 1.807) is 0 Å². The zero-order valence-corrected chi connectivity index (χ0v) is 12.2. The van der Waals surface area contributed by atoms with Crippen LogP contribution in [0.15, 0.2) is 0 Å². The molecule has 0 saturated carbocycles. The third-order valence-corrected chi connectivity index (χ3v) is 4.30. The van der Waals surface area contributed by atoms with Gasteiger partial charge in [-0.2, -0.15) is 4.31 Å². The molecule has 0 bridgehead atoms. The first-order valence-corrected chi connectivity index (χ1v) is 8.06. The van der Waals surface area contributed by atoms with Crippen LogP contribution in [0.25, 0.3) is 0 Å². The molecule has 6 nitrogen and oxygen atoms in total. The lowest BCUT2D eigenvalue weighted by molar-refractivity contribution is -0.124. The molecule has 1 unspecified atom stereocenters. The number of carbonyl (C=O) groups excluding carboxylic acids is 1. The standard InChI is InChI=1S/C11H23N3O3S/c1-13(2)8-5-7-12-11(15)10-6-4-9-14(10)18(3,16)17/h10H,4-9H2,1-3H3,(H,12,15). The first-order valence-electron chi connectivity index (χ1n) is 6.21. The van der Waals surface area contributed by atoms with Crippen LogP contribution in [0.1, 0.15) is 19.3 Å². The Bertz CT molecular complexity index is 381. The van der Waals surface area contributed by atoms with E-state index < -0.39 is 16.1 Å². The SMILES string of the molecule is CN(C)CCCNC(=O)C1CCCN1S(C)(=O)=O. The van der Waals surface area contributed by atoms with Gasteiger partial charge in [-0.3, -0.25) is 4.79 Å². The largest absolute Gasteiger partial charge is 0.355 e. The molecule has 1 fully saturated rings. The molecule has 1 N–H and O–H groups in total. The quantitative estimate of drug-likeness (QED) is 0.663. The number of carbonyl (C=O) groups is 1.